The fourth-order valence-corrected chi connectivity index (χ4v) is 2.75. The normalized spacial score (nSPS) is 25.4. The molecule has 0 aromatic carbocycles. The Hall–Kier alpha value is -0.0800. The van der Waals surface area contributed by atoms with Crippen molar-refractivity contribution in [1.82, 2.24) is 5.06 Å². The molecule has 1 saturated heterocycles. The summed E-state index contributed by atoms with van der Waals surface area (Å²) < 4.78 is 0. The topological polar surface area (TPSA) is 23.5 Å². The number of rotatable bonds is 6. The minimum absolute atomic E-state index is 0.445. The molecular weight excluding hydrogens is 186 g/mol. The Kier molecular flexibility index (Phi) is 6.26. The van der Waals surface area contributed by atoms with Gasteiger partial charge >= 0.3 is 0 Å². The fraction of sp³-hybridized carbons (Fsp3) is 1.00. The van der Waals surface area contributed by atoms with Crippen LogP contribution in [0, 0.1) is 5.92 Å². The predicted octanol–water partition coefficient (Wildman–Crippen LogP) is 3.84. The van der Waals surface area contributed by atoms with Crippen molar-refractivity contribution in [1.29, 1.82) is 0 Å². The maximum absolute atomic E-state index is 9.86. The van der Waals surface area contributed by atoms with Gasteiger partial charge in [0.25, 0.3) is 0 Å². The summed E-state index contributed by atoms with van der Waals surface area (Å²) in [6.45, 7) is 5.40. The van der Waals surface area contributed by atoms with Crippen LogP contribution in [-0.2, 0) is 0 Å². The summed E-state index contributed by atoms with van der Waals surface area (Å²) in [4.78, 5) is 0. The molecule has 1 N–H and O–H groups in total. The third-order valence-corrected chi connectivity index (χ3v) is 3.77. The van der Waals surface area contributed by atoms with Crippen LogP contribution in [0.15, 0.2) is 0 Å². The van der Waals surface area contributed by atoms with Gasteiger partial charge in [-0.15, -0.1) is 0 Å². The van der Waals surface area contributed by atoms with Gasteiger partial charge in [-0.05, 0) is 25.2 Å². The van der Waals surface area contributed by atoms with Crippen LogP contribution < -0.4 is 0 Å². The number of hydrogen-bond acceptors (Lipinski definition) is 2. The summed E-state index contributed by atoms with van der Waals surface area (Å²) in [5, 5.41) is 11.5. The monoisotopic (exact) mass is 213 g/mol. The summed E-state index contributed by atoms with van der Waals surface area (Å²) in [5.74, 6) is 0.710. The molecule has 0 aliphatic carbocycles. The summed E-state index contributed by atoms with van der Waals surface area (Å²) in [7, 11) is 0. The lowest BCUT2D eigenvalue weighted by molar-refractivity contribution is -0.158. The van der Waals surface area contributed by atoms with Gasteiger partial charge in [0, 0.05) is 12.6 Å². The second-order valence-corrected chi connectivity index (χ2v) is 4.89. The molecule has 0 aromatic heterocycles. The molecule has 0 amide bonds. The Balaban J connectivity index is 2.34. The van der Waals surface area contributed by atoms with E-state index in [0.29, 0.717) is 12.0 Å². The first-order valence-corrected chi connectivity index (χ1v) is 6.75. The van der Waals surface area contributed by atoms with Gasteiger partial charge in [0.05, 0.1) is 0 Å². The quantitative estimate of drug-likeness (QED) is 0.678. The minimum Gasteiger partial charge on any atom is -0.314 e. The maximum atomic E-state index is 9.86. The third kappa shape index (κ3) is 4.12. The highest BCUT2D eigenvalue weighted by molar-refractivity contribution is 4.78. The SMILES string of the molecule is CCCCCC(CC)C1CCCCN1O. The van der Waals surface area contributed by atoms with E-state index in [2.05, 4.69) is 13.8 Å². The van der Waals surface area contributed by atoms with E-state index in [1.54, 1.807) is 5.06 Å². The predicted molar refractivity (Wildman–Crippen MR) is 64.1 cm³/mol. The van der Waals surface area contributed by atoms with Crippen molar-refractivity contribution in [2.45, 2.75) is 71.3 Å². The molecule has 0 bridgehead atoms. The van der Waals surface area contributed by atoms with E-state index in [1.165, 1.54) is 51.4 Å². The Morgan fingerprint density at radius 3 is 2.67 bits per heavy atom. The molecule has 1 rings (SSSR count). The fourth-order valence-electron chi connectivity index (χ4n) is 2.75. The molecule has 2 atom stereocenters. The number of hydroxylamine groups is 2. The van der Waals surface area contributed by atoms with Crippen molar-refractivity contribution in [3.8, 4) is 0 Å². The van der Waals surface area contributed by atoms with E-state index < -0.39 is 0 Å². The largest absolute Gasteiger partial charge is 0.314 e. The molecular formula is C13H27NO. The average Bonchev–Trinajstić information content (AvgIpc) is 2.26. The van der Waals surface area contributed by atoms with Crippen LogP contribution in [0.4, 0.5) is 0 Å². The summed E-state index contributed by atoms with van der Waals surface area (Å²) in [5.41, 5.74) is 0. The molecule has 15 heavy (non-hydrogen) atoms. The number of nitrogens with zero attached hydrogens (tertiary/aromatic N) is 1. The summed E-state index contributed by atoms with van der Waals surface area (Å²) in [6, 6.07) is 0.445. The standard InChI is InChI=1S/C13H27NO/c1-3-5-6-9-12(4-2)13-10-7-8-11-14(13)15/h12-13,15H,3-11H2,1-2H3. The van der Waals surface area contributed by atoms with Crippen LogP contribution in [0.3, 0.4) is 0 Å². The Bertz CT molecular complexity index is 161. The molecule has 2 unspecified atom stereocenters. The van der Waals surface area contributed by atoms with E-state index in [4.69, 9.17) is 0 Å². The second kappa shape index (κ2) is 7.24. The smallest absolute Gasteiger partial charge is 0.0378 e. The van der Waals surface area contributed by atoms with Crippen LogP contribution in [0.1, 0.15) is 65.2 Å². The molecule has 2 nitrogen and oxygen atoms in total. The van der Waals surface area contributed by atoms with Gasteiger partial charge in [0.15, 0.2) is 0 Å². The third-order valence-electron chi connectivity index (χ3n) is 3.77. The van der Waals surface area contributed by atoms with Crippen molar-refractivity contribution in [3.05, 3.63) is 0 Å². The Morgan fingerprint density at radius 1 is 1.27 bits per heavy atom. The number of piperidine rings is 1. The summed E-state index contributed by atoms with van der Waals surface area (Å²) >= 11 is 0. The molecule has 0 spiro atoms. The van der Waals surface area contributed by atoms with E-state index in [0.717, 1.165) is 6.54 Å². The van der Waals surface area contributed by atoms with Crippen LogP contribution >= 0.6 is 0 Å². The minimum atomic E-state index is 0.445. The lowest BCUT2D eigenvalue weighted by Gasteiger charge is -2.36. The van der Waals surface area contributed by atoms with Crippen molar-refractivity contribution in [3.63, 3.8) is 0 Å². The van der Waals surface area contributed by atoms with Crippen molar-refractivity contribution < 1.29 is 5.21 Å². The van der Waals surface area contributed by atoms with Gasteiger partial charge in [-0.1, -0.05) is 46.0 Å². The Morgan fingerprint density at radius 2 is 2.07 bits per heavy atom. The van der Waals surface area contributed by atoms with E-state index in [9.17, 15) is 5.21 Å². The highest BCUT2D eigenvalue weighted by Crippen LogP contribution is 2.27. The lowest BCUT2D eigenvalue weighted by atomic mass is 9.86. The van der Waals surface area contributed by atoms with Crippen LogP contribution in [0.5, 0.6) is 0 Å². The highest BCUT2D eigenvalue weighted by Gasteiger charge is 2.27. The first kappa shape index (κ1) is 13.0. The zero-order valence-electron chi connectivity index (χ0n) is 10.4. The average molecular weight is 213 g/mol. The van der Waals surface area contributed by atoms with E-state index in [1.807, 2.05) is 0 Å². The zero-order chi connectivity index (χ0) is 11.1. The van der Waals surface area contributed by atoms with Crippen LogP contribution in [0.25, 0.3) is 0 Å². The van der Waals surface area contributed by atoms with Gasteiger partial charge in [-0.25, -0.2) is 0 Å². The molecule has 1 aliphatic rings. The lowest BCUT2D eigenvalue weighted by Crippen LogP contribution is -2.41. The van der Waals surface area contributed by atoms with E-state index in [-0.39, 0.29) is 0 Å². The molecule has 2 heteroatoms. The molecule has 0 aromatic rings. The van der Waals surface area contributed by atoms with Gasteiger partial charge in [0.2, 0.25) is 0 Å². The van der Waals surface area contributed by atoms with Crippen molar-refractivity contribution >= 4 is 0 Å². The second-order valence-electron chi connectivity index (χ2n) is 4.89. The Labute approximate surface area is 94.6 Å². The molecule has 0 radical (unpaired) electrons. The first-order valence-electron chi connectivity index (χ1n) is 6.75. The maximum Gasteiger partial charge on any atom is 0.0378 e. The molecule has 0 saturated carbocycles. The van der Waals surface area contributed by atoms with Gasteiger partial charge in [-0.3, -0.25) is 0 Å². The van der Waals surface area contributed by atoms with Crippen molar-refractivity contribution in [2.24, 2.45) is 5.92 Å². The number of unbranched alkanes of at least 4 members (excludes halogenated alkanes) is 2. The van der Waals surface area contributed by atoms with Crippen LogP contribution in [-0.4, -0.2) is 22.9 Å². The zero-order valence-corrected chi connectivity index (χ0v) is 10.4. The highest BCUT2D eigenvalue weighted by atomic mass is 16.5. The van der Waals surface area contributed by atoms with Gasteiger partial charge in [-0.2, -0.15) is 5.06 Å². The molecule has 1 aliphatic heterocycles. The van der Waals surface area contributed by atoms with Crippen LogP contribution in [0.2, 0.25) is 0 Å². The number of hydrogen-bond donors (Lipinski definition) is 1. The van der Waals surface area contributed by atoms with Crippen molar-refractivity contribution in [2.75, 3.05) is 6.54 Å². The molecule has 90 valence electrons. The van der Waals surface area contributed by atoms with E-state index >= 15 is 0 Å². The summed E-state index contributed by atoms with van der Waals surface area (Å²) in [6.07, 6.45) is 10.1. The molecule has 1 heterocycles. The van der Waals surface area contributed by atoms with Gasteiger partial charge < -0.3 is 5.21 Å². The first-order chi connectivity index (χ1) is 7.29. The molecule has 1 fully saturated rings. The van der Waals surface area contributed by atoms with Gasteiger partial charge in [0.1, 0.15) is 0 Å².